The second-order valence-electron chi connectivity index (χ2n) is 4.60. The molecule has 0 spiro atoms. The molecule has 0 saturated carbocycles. The molecule has 1 unspecified atom stereocenters. The maximum absolute atomic E-state index is 5.97. The van der Waals surface area contributed by atoms with Crippen molar-refractivity contribution in [3.8, 4) is 5.95 Å². The van der Waals surface area contributed by atoms with Crippen molar-refractivity contribution in [1.29, 1.82) is 0 Å². The number of anilines is 1. The maximum atomic E-state index is 5.97. The fourth-order valence-electron chi connectivity index (χ4n) is 2.27. The molecule has 1 atom stereocenters. The molecular formula is C11H14ClN7O. The second-order valence-corrected chi connectivity index (χ2v) is 4.94. The van der Waals surface area contributed by atoms with E-state index < -0.39 is 0 Å². The maximum Gasteiger partial charge on any atom is 0.258 e. The van der Waals surface area contributed by atoms with Crippen LogP contribution in [0.15, 0.2) is 12.7 Å². The zero-order chi connectivity index (χ0) is 13.9. The molecule has 0 bridgehead atoms. The fraction of sp³-hybridized carbons (Fsp3) is 0.545. The van der Waals surface area contributed by atoms with Crippen molar-refractivity contribution in [3.05, 3.63) is 17.9 Å². The van der Waals surface area contributed by atoms with Crippen molar-refractivity contribution >= 4 is 17.5 Å². The third kappa shape index (κ3) is 2.70. The molecule has 0 aromatic carbocycles. The molecule has 0 amide bonds. The number of hydrogen-bond donors (Lipinski definition) is 0. The van der Waals surface area contributed by atoms with E-state index in [1.807, 2.05) is 0 Å². The molecule has 2 aromatic rings. The summed E-state index contributed by atoms with van der Waals surface area (Å²) in [6.07, 6.45) is 3.99. The van der Waals surface area contributed by atoms with Gasteiger partial charge in [0.05, 0.1) is 6.61 Å². The summed E-state index contributed by atoms with van der Waals surface area (Å²) in [7, 11) is 1.71. The smallest absolute Gasteiger partial charge is 0.258 e. The molecule has 0 aliphatic carbocycles. The Balaban J connectivity index is 1.84. The summed E-state index contributed by atoms with van der Waals surface area (Å²) < 4.78 is 6.65. The Hall–Kier alpha value is -1.80. The van der Waals surface area contributed by atoms with Gasteiger partial charge in [-0.3, -0.25) is 0 Å². The van der Waals surface area contributed by atoms with Crippen molar-refractivity contribution in [3.63, 3.8) is 0 Å². The molecule has 106 valence electrons. The highest BCUT2D eigenvalue weighted by Gasteiger charge is 2.25. The summed E-state index contributed by atoms with van der Waals surface area (Å²) in [6.45, 7) is 2.47. The Labute approximate surface area is 120 Å². The Morgan fingerprint density at radius 1 is 1.35 bits per heavy atom. The Kier molecular flexibility index (Phi) is 3.75. The van der Waals surface area contributed by atoms with Crippen molar-refractivity contribution in [2.24, 2.45) is 5.92 Å². The lowest BCUT2D eigenvalue weighted by Gasteiger charge is -2.16. The van der Waals surface area contributed by atoms with Crippen LogP contribution in [0.25, 0.3) is 5.95 Å². The van der Waals surface area contributed by atoms with Gasteiger partial charge in [-0.25, -0.2) is 4.98 Å². The van der Waals surface area contributed by atoms with Gasteiger partial charge in [0, 0.05) is 26.1 Å². The highest BCUT2D eigenvalue weighted by molar-refractivity contribution is 6.28. The number of nitrogens with zero attached hydrogens (tertiary/aromatic N) is 7. The summed E-state index contributed by atoms with van der Waals surface area (Å²) >= 11 is 5.97. The predicted molar refractivity (Wildman–Crippen MR) is 72.0 cm³/mol. The fourth-order valence-corrected chi connectivity index (χ4v) is 2.42. The van der Waals surface area contributed by atoms with Gasteiger partial charge in [-0.05, 0) is 18.0 Å². The van der Waals surface area contributed by atoms with Gasteiger partial charge in [0.2, 0.25) is 11.2 Å². The number of methoxy groups -OCH3 is 1. The van der Waals surface area contributed by atoms with Gasteiger partial charge in [-0.1, -0.05) is 0 Å². The molecule has 9 heteroatoms. The minimum atomic E-state index is 0.149. The molecule has 0 N–H and O–H groups in total. The standard InChI is InChI=1S/C11H14ClN7O/c1-20-5-8-2-3-18(4-8)10-15-9(12)16-11(17-10)19-7-13-6-14-19/h6-8H,2-5H2,1H3. The van der Waals surface area contributed by atoms with Gasteiger partial charge >= 0.3 is 0 Å². The summed E-state index contributed by atoms with van der Waals surface area (Å²) in [5.74, 6) is 1.42. The topological polar surface area (TPSA) is 81.9 Å². The molecular weight excluding hydrogens is 282 g/mol. The predicted octanol–water partition coefficient (Wildman–Crippen LogP) is 0.578. The van der Waals surface area contributed by atoms with Crippen molar-refractivity contribution < 1.29 is 4.74 Å². The van der Waals surface area contributed by atoms with Crippen LogP contribution in [0.2, 0.25) is 5.28 Å². The number of ether oxygens (including phenoxy) is 1. The summed E-state index contributed by atoms with van der Waals surface area (Å²) in [5.41, 5.74) is 0. The van der Waals surface area contributed by atoms with Crippen molar-refractivity contribution in [2.75, 3.05) is 31.7 Å². The summed E-state index contributed by atoms with van der Waals surface area (Å²) in [5, 5.41) is 4.14. The van der Waals surface area contributed by atoms with Crippen molar-refractivity contribution in [1.82, 2.24) is 29.7 Å². The molecule has 1 aliphatic heterocycles. The van der Waals surface area contributed by atoms with Crippen LogP contribution in [0.3, 0.4) is 0 Å². The third-order valence-corrected chi connectivity index (χ3v) is 3.35. The van der Waals surface area contributed by atoms with Gasteiger partial charge in [0.15, 0.2) is 0 Å². The van der Waals surface area contributed by atoms with Crippen LogP contribution in [-0.4, -0.2) is 56.5 Å². The lowest BCUT2D eigenvalue weighted by atomic mass is 10.1. The normalized spacial score (nSPS) is 18.7. The minimum absolute atomic E-state index is 0.149. The Morgan fingerprint density at radius 3 is 2.95 bits per heavy atom. The van der Waals surface area contributed by atoms with Crippen LogP contribution in [-0.2, 0) is 4.74 Å². The molecule has 1 saturated heterocycles. The zero-order valence-electron chi connectivity index (χ0n) is 11.0. The average Bonchev–Trinajstić information content (AvgIpc) is 3.09. The quantitative estimate of drug-likeness (QED) is 0.816. The Bertz CT molecular complexity index is 576. The van der Waals surface area contributed by atoms with Crippen LogP contribution in [0, 0.1) is 5.92 Å². The molecule has 3 rings (SSSR count). The van der Waals surface area contributed by atoms with Gasteiger partial charge in [0.25, 0.3) is 5.95 Å². The first kappa shape index (κ1) is 13.2. The monoisotopic (exact) mass is 295 g/mol. The lowest BCUT2D eigenvalue weighted by Crippen LogP contribution is -2.24. The van der Waals surface area contributed by atoms with E-state index in [-0.39, 0.29) is 5.28 Å². The van der Waals surface area contributed by atoms with Crippen LogP contribution in [0.4, 0.5) is 5.95 Å². The summed E-state index contributed by atoms with van der Waals surface area (Å²) in [6, 6.07) is 0. The highest BCUT2D eigenvalue weighted by Crippen LogP contribution is 2.22. The van der Waals surface area contributed by atoms with E-state index in [4.69, 9.17) is 16.3 Å². The first-order valence-corrected chi connectivity index (χ1v) is 6.64. The average molecular weight is 296 g/mol. The minimum Gasteiger partial charge on any atom is -0.384 e. The lowest BCUT2D eigenvalue weighted by molar-refractivity contribution is 0.161. The SMILES string of the molecule is COCC1CCN(c2nc(Cl)nc(-n3cncn3)n2)C1. The third-order valence-electron chi connectivity index (χ3n) is 3.18. The van der Waals surface area contributed by atoms with E-state index in [1.54, 1.807) is 7.11 Å². The van der Waals surface area contributed by atoms with E-state index in [0.717, 1.165) is 26.1 Å². The first-order chi connectivity index (χ1) is 9.76. The number of rotatable bonds is 4. The van der Waals surface area contributed by atoms with E-state index in [1.165, 1.54) is 17.3 Å². The van der Waals surface area contributed by atoms with E-state index in [9.17, 15) is 0 Å². The van der Waals surface area contributed by atoms with E-state index in [2.05, 4.69) is 29.9 Å². The molecule has 2 aromatic heterocycles. The van der Waals surface area contributed by atoms with Gasteiger partial charge < -0.3 is 9.64 Å². The van der Waals surface area contributed by atoms with Crippen LogP contribution in [0.5, 0.6) is 0 Å². The zero-order valence-corrected chi connectivity index (χ0v) is 11.7. The van der Waals surface area contributed by atoms with Gasteiger partial charge in [0.1, 0.15) is 12.7 Å². The van der Waals surface area contributed by atoms with Crippen LogP contribution < -0.4 is 4.90 Å². The van der Waals surface area contributed by atoms with E-state index >= 15 is 0 Å². The highest BCUT2D eigenvalue weighted by atomic mass is 35.5. The number of halogens is 1. The number of aromatic nitrogens is 6. The van der Waals surface area contributed by atoms with Gasteiger partial charge in [-0.15, -0.1) is 0 Å². The number of hydrogen-bond acceptors (Lipinski definition) is 7. The van der Waals surface area contributed by atoms with Crippen molar-refractivity contribution in [2.45, 2.75) is 6.42 Å². The molecule has 1 aliphatic rings. The van der Waals surface area contributed by atoms with Crippen LogP contribution in [0.1, 0.15) is 6.42 Å². The molecule has 0 radical (unpaired) electrons. The molecule has 20 heavy (non-hydrogen) atoms. The van der Waals surface area contributed by atoms with E-state index in [0.29, 0.717) is 17.8 Å². The molecule has 1 fully saturated rings. The second kappa shape index (κ2) is 5.68. The van der Waals surface area contributed by atoms with Gasteiger partial charge in [-0.2, -0.15) is 24.7 Å². The first-order valence-electron chi connectivity index (χ1n) is 6.26. The van der Waals surface area contributed by atoms with Crippen LogP contribution >= 0.6 is 11.6 Å². The molecule has 3 heterocycles. The summed E-state index contributed by atoms with van der Waals surface area (Å²) in [4.78, 5) is 18.6. The molecule has 8 nitrogen and oxygen atoms in total. The largest absolute Gasteiger partial charge is 0.384 e. The Morgan fingerprint density at radius 2 is 2.20 bits per heavy atom.